The number of benzene rings is 2. The molecule has 3 aromatic rings. The first kappa shape index (κ1) is 13.1. The Morgan fingerprint density at radius 2 is 1.70 bits per heavy atom. The molecule has 1 heterocycles. The summed E-state index contributed by atoms with van der Waals surface area (Å²) in [6.07, 6.45) is -3.26. The predicted octanol–water partition coefficient (Wildman–Crippen LogP) is 2.53. The second-order valence-electron chi connectivity index (χ2n) is 4.58. The van der Waals surface area contributed by atoms with Crippen molar-refractivity contribution in [1.82, 2.24) is 0 Å². The smallest absolute Gasteiger partial charge is 0.335 e. The van der Waals surface area contributed by atoms with Gasteiger partial charge >= 0.3 is 5.97 Å². The lowest BCUT2D eigenvalue weighted by atomic mass is 10.0. The summed E-state index contributed by atoms with van der Waals surface area (Å²) in [7, 11) is 0. The Hall–Kier alpha value is -1.95. The van der Waals surface area contributed by atoms with Gasteiger partial charge in [0.05, 0.1) is 0 Å². The van der Waals surface area contributed by atoms with Gasteiger partial charge in [0.2, 0.25) is 0 Å². The number of fused-ring (bicyclic) bond motifs is 3. The summed E-state index contributed by atoms with van der Waals surface area (Å²) in [6.45, 7) is 0. The summed E-state index contributed by atoms with van der Waals surface area (Å²) in [5.41, 5.74) is 0.399. The maximum Gasteiger partial charge on any atom is 0.335 e. The van der Waals surface area contributed by atoms with Crippen LogP contribution in [0.5, 0.6) is 0 Å². The summed E-state index contributed by atoms with van der Waals surface area (Å²) in [4.78, 5) is 10.7. The van der Waals surface area contributed by atoms with Crippen molar-refractivity contribution in [2.24, 2.45) is 0 Å². The lowest BCUT2D eigenvalue weighted by molar-refractivity contribution is -0.153. The lowest BCUT2D eigenvalue weighted by Crippen LogP contribution is -2.27. The first-order chi connectivity index (χ1) is 9.58. The van der Waals surface area contributed by atoms with E-state index in [1.165, 1.54) is 0 Å². The minimum Gasteiger partial charge on any atom is -0.479 e. The van der Waals surface area contributed by atoms with Crippen molar-refractivity contribution in [3.8, 4) is 0 Å². The average molecular weight is 288 g/mol. The highest BCUT2D eigenvalue weighted by atomic mass is 32.1. The molecule has 3 N–H and O–H groups in total. The van der Waals surface area contributed by atoms with E-state index < -0.39 is 18.2 Å². The van der Waals surface area contributed by atoms with Gasteiger partial charge in [-0.1, -0.05) is 24.3 Å². The first-order valence-corrected chi connectivity index (χ1v) is 6.89. The quantitative estimate of drug-likeness (QED) is 0.692. The molecule has 0 fully saturated rings. The van der Waals surface area contributed by atoms with Crippen LogP contribution in [0.25, 0.3) is 20.2 Å². The average Bonchev–Trinajstić information content (AvgIpc) is 2.83. The van der Waals surface area contributed by atoms with Crippen molar-refractivity contribution in [2.75, 3.05) is 0 Å². The number of hydrogen-bond donors (Lipinski definition) is 3. The van der Waals surface area contributed by atoms with Crippen LogP contribution in [0, 0.1) is 0 Å². The van der Waals surface area contributed by atoms with Gasteiger partial charge in [0, 0.05) is 20.2 Å². The van der Waals surface area contributed by atoms with Crippen molar-refractivity contribution in [2.45, 2.75) is 12.2 Å². The largest absolute Gasteiger partial charge is 0.479 e. The topological polar surface area (TPSA) is 77.8 Å². The number of aliphatic carboxylic acids is 1. The maximum atomic E-state index is 10.7. The van der Waals surface area contributed by atoms with Crippen LogP contribution in [-0.4, -0.2) is 27.4 Å². The second-order valence-corrected chi connectivity index (χ2v) is 5.67. The van der Waals surface area contributed by atoms with E-state index in [4.69, 9.17) is 5.11 Å². The monoisotopic (exact) mass is 288 g/mol. The molecule has 5 heteroatoms. The Kier molecular flexibility index (Phi) is 3.17. The van der Waals surface area contributed by atoms with Gasteiger partial charge in [0.15, 0.2) is 6.10 Å². The zero-order valence-corrected chi connectivity index (χ0v) is 11.2. The summed E-state index contributed by atoms with van der Waals surface area (Å²) < 4.78 is 2.19. The van der Waals surface area contributed by atoms with Gasteiger partial charge in [-0.15, -0.1) is 11.3 Å². The normalized spacial score (nSPS) is 14.5. The maximum absolute atomic E-state index is 10.7. The van der Waals surface area contributed by atoms with E-state index >= 15 is 0 Å². The van der Waals surface area contributed by atoms with Crippen molar-refractivity contribution in [1.29, 1.82) is 0 Å². The van der Waals surface area contributed by atoms with Crippen molar-refractivity contribution in [3.05, 3.63) is 48.0 Å². The Morgan fingerprint density at radius 3 is 2.45 bits per heavy atom. The van der Waals surface area contributed by atoms with Gasteiger partial charge < -0.3 is 15.3 Å². The second kappa shape index (κ2) is 4.86. The van der Waals surface area contributed by atoms with E-state index in [0.29, 0.717) is 5.56 Å². The predicted molar refractivity (Wildman–Crippen MR) is 77.9 cm³/mol. The van der Waals surface area contributed by atoms with Crippen LogP contribution in [0.1, 0.15) is 11.7 Å². The zero-order chi connectivity index (χ0) is 14.3. The molecule has 0 radical (unpaired) electrons. The Balaban J connectivity index is 2.14. The number of aliphatic hydroxyl groups excluding tert-OH is 2. The van der Waals surface area contributed by atoms with E-state index in [1.807, 2.05) is 30.3 Å². The van der Waals surface area contributed by atoms with Crippen molar-refractivity contribution >= 4 is 37.5 Å². The lowest BCUT2D eigenvalue weighted by Gasteiger charge is -2.14. The number of thiophene rings is 1. The first-order valence-electron chi connectivity index (χ1n) is 6.08. The van der Waals surface area contributed by atoms with Crippen LogP contribution in [0.4, 0.5) is 0 Å². The summed E-state index contributed by atoms with van der Waals surface area (Å²) in [5, 5.41) is 30.1. The van der Waals surface area contributed by atoms with Gasteiger partial charge in [-0.3, -0.25) is 0 Å². The van der Waals surface area contributed by atoms with Gasteiger partial charge in [-0.2, -0.15) is 0 Å². The molecule has 20 heavy (non-hydrogen) atoms. The molecule has 2 atom stereocenters. The van der Waals surface area contributed by atoms with Crippen LogP contribution in [-0.2, 0) is 4.79 Å². The van der Waals surface area contributed by atoms with E-state index in [-0.39, 0.29) is 0 Å². The Labute approximate surface area is 118 Å². The molecule has 1 aromatic heterocycles. The van der Waals surface area contributed by atoms with Gasteiger partial charge in [0.1, 0.15) is 6.10 Å². The molecule has 3 rings (SSSR count). The molecule has 102 valence electrons. The molecule has 0 bridgehead atoms. The molecule has 0 aliphatic rings. The number of carboxylic acid groups (broad SMARTS) is 1. The number of carbonyl (C=O) groups is 1. The molecule has 0 saturated heterocycles. The Bertz CT molecular complexity index is 793. The van der Waals surface area contributed by atoms with Crippen LogP contribution >= 0.6 is 11.3 Å². The summed E-state index contributed by atoms with van der Waals surface area (Å²) >= 11 is 1.64. The minimum atomic E-state index is -1.82. The molecule has 0 amide bonds. The van der Waals surface area contributed by atoms with E-state index in [2.05, 4.69) is 0 Å². The van der Waals surface area contributed by atoms with Crippen LogP contribution in [0.15, 0.2) is 42.5 Å². The summed E-state index contributed by atoms with van der Waals surface area (Å²) in [6, 6.07) is 13.1. The number of rotatable bonds is 3. The van der Waals surface area contributed by atoms with Gasteiger partial charge in [-0.25, -0.2) is 4.79 Å². The van der Waals surface area contributed by atoms with E-state index in [9.17, 15) is 15.0 Å². The highest BCUT2D eigenvalue weighted by Crippen LogP contribution is 2.35. The fraction of sp³-hybridized carbons (Fsp3) is 0.133. The third-order valence-electron chi connectivity index (χ3n) is 3.29. The van der Waals surface area contributed by atoms with Crippen molar-refractivity contribution in [3.63, 3.8) is 0 Å². The minimum absolute atomic E-state index is 0.399. The molecule has 4 nitrogen and oxygen atoms in total. The fourth-order valence-corrected chi connectivity index (χ4v) is 3.33. The molecule has 2 aromatic carbocycles. The van der Waals surface area contributed by atoms with Crippen LogP contribution in [0.2, 0.25) is 0 Å². The molecule has 0 saturated carbocycles. The molecule has 0 aliphatic heterocycles. The molecular weight excluding hydrogens is 276 g/mol. The van der Waals surface area contributed by atoms with Gasteiger partial charge in [0.25, 0.3) is 0 Å². The van der Waals surface area contributed by atoms with Gasteiger partial charge in [-0.05, 0) is 23.8 Å². The number of aliphatic hydroxyl groups is 2. The highest BCUT2D eigenvalue weighted by molar-refractivity contribution is 7.25. The highest BCUT2D eigenvalue weighted by Gasteiger charge is 2.25. The third-order valence-corrected chi connectivity index (χ3v) is 4.45. The fourth-order valence-electron chi connectivity index (χ4n) is 2.25. The molecule has 2 unspecified atom stereocenters. The number of carboxylic acids is 1. The van der Waals surface area contributed by atoms with Crippen LogP contribution < -0.4 is 0 Å². The van der Waals surface area contributed by atoms with E-state index in [1.54, 1.807) is 23.5 Å². The van der Waals surface area contributed by atoms with Crippen molar-refractivity contribution < 1.29 is 20.1 Å². The molecule has 0 aliphatic carbocycles. The number of hydrogen-bond acceptors (Lipinski definition) is 4. The SMILES string of the molecule is O=C(O)C(O)C(O)c1ccc2sc3ccccc3c2c1. The summed E-state index contributed by atoms with van der Waals surface area (Å²) in [5.74, 6) is -1.44. The third kappa shape index (κ3) is 2.06. The van der Waals surface area contributed by atoms with E-state index in [0.717, 1.165) is 20.2 Å². The molecular formula is C15H12O4S. The standard InChI is InChI=1S/C15H12O4S/c16-13(14(17)15(18)19)8-5-6-12-10(7-8)9-3-1-2-4-11(9)20-12/h1-7,13-14,16-17H,(H,18,19). The molecule has 0 spiro atoms. The Morgan fingerprint density at radius 1 is 1.00 bits per heavy atom. The van der Waals surface area contributed by atoms with Crippen LogP contribution in [0.3, 0.4) is 0 Å². The zero-order valence-electron chi connectivity index (χ0n) is 10.4.